The fourth-order valence-electron chi connectivity index (χ4n) is 1.66. The predicted octanol–water partition coefficient (Wildman–Crippen LogP) is 1.35. The molecule has 1 unspecified atom stereocenters. The molecule has 0 saturated carbocycles. The Morgan fingerprint density at radius 3 is 2.19 bits per heavy atom. The van der Waals surface area contributed by atoms with E-state index in [1.807, 2.05) is 0 Å². The topological polar surface area (TPSA) is 90.0 Å². The monoisotopic (exact) mass is 299 g/mol. The number of hydroxylamine groups is 2. The summed E-state index contributed by atoms with van der Waals surface area (Å²) in [6.45, 7) is 6.93. The van der Waals surface area contributed by atoms with Crippen molar-refractivity contribution in [3.05, 3.63) is 0 Å². The van der Waals surface area contributed by atoms with Gasteiger partial charge in [-0.2, -0.15) is 0 Å². The lowest BCUT2D eigenvalue weighted by molar-refractivity contribution is -0.197. The van der Waals surface area contributed by atoms with Crippen LogP contribution in [0, 0.1) is 5.92 Å². The Kier molecular flexibility index (Phi) is 5.46. The van der Waals surface area contributed by atoms with Crippen LogP contribution in [0.25, 0.3) is 0 Å². The molecule has 0 aliphatic carbocycles. The van der Waals surface area contributed by atoms with Crippen molar-refractivity contribution in [1.82, 2.24) is 5.06 Å². The molecule has 0 radical (unpaired) electrons. The molecule has 7 nitrogen and oxygen atoms in total. The average molecular weight is 299 g/mol. The van der Waals surface area contributed by atoms with E-state index in [2.05, 4.69) is 0 Å². The Labute approximate surface area is 123 Å². The van der Waals surface area contributed by atoms with E-state index >= 15 is 0 Å². The zero-order chi connectivity index (χ0) is 16.2. The number of carbonyl (C=O) groups excluding carboxylic acids is 4. The summed E-state index contributed by atoms with van der Waals surface area (Å²) >= 11 is 0. The Balaban J connectivity index is 2.37. The highest BCUT2D eigenvalue weighted by atomic mass is 16.7. The Hall–Kier alpha value is -1.92. The Bertz CT molecular complexity index is 435. The summed E-state index contributed by atoms with van der Waals surface area (Å²) in [4.78, 5) is 50.6. The molecule has 1 saturated heterocycles. The maximum absolute atomic E-state index is 11.7. The zero-order valence-corrected chi connectivity index (χ0v) is 12.8. The fraction of sp³-hybridized carbons (Fsp3) is 0.714. The lowest BCUT2D eigenvalue weighted by atomic mass is 10.1. The molecule has 0 aromatic heterocycles. The van der Waals surface area contributed by atoms with Gasteiger partial charge in [0.05, 0.1) is 5.92 Å². The van der Waals surface area contributed by atoms with Gasteiger partial charge in [0.25, 0.3) is 11.8 Å². The summed E-state index contributed by atoms with van der Waals surface area (Å²) in [5.41, 5.74) is -0.583. The van der Waals surface area contributed by atoms with Crippen molar-refractivity contribution in [2.24, 2.45) is 5.92 Å². The van der Waals surface area contributed by atoms with E-state index in [4.69, 9.17) is 9.57 Å². The van der Waals surface area contributed by atoms with Crippen molar-refractivity contribution < 1.29 is 28.8 Å². The van der Waals surface area contributed by atoms with Crippen LogP contribution in [-0.4, -0.2) is 34.4 Å². The molecule has 0 N–H and O–H groups in total. The highest BCUT2D eigenvalue weighted by molar-refractivity contribution is 6.01. The molecular weight excluding hydrogens is 278 g/mol. The second kappa shape index (κ2) is 6.69. The number of rotatable bonds is 5. The van der Waals surface area contributed by atoms with Gasteiger partial charge in [0.2, 0.25) is 0 Å². The number of nitrogens with zero attached hydrogens (tertiary/aromatic N) is 1. The van der Waals surface area contributed by atoms with Crippen molar-refractivity contribution >= 4 is 23.8 Å². The average Bonchev–Trinajstić information content (AvgIpc) is 2.65. The lowest BCUT2D eigenvalue weighted by Crippen LogP contribution is -2.32. The molecule has 7 heteroatoms. The van der Waals surface area contributed by atoms with Crippen LogP contribution >= 0.6 is 0 Å². The number of imide groups is 1. The maximum atomic E-state index is 11.7. The normalized spacial score (nSPS) is 16.9. The fourth-order valence-corrected chi connectivity index (χ4v) is 1.66. The molecule has 21 heavy (non-hydrogen) atoms. The van der Waals surface area contributed by atoms with Crippen LogP contribution in [0.5, 0.6) is 0 Å². The zero-order valence-electron chi connectivity index (χ0n) is 12.8. The van der Waals surface area contributed by atoms with Crippen molar-refractivity contribution in [2.75, 3.05) is 0 Å². The molecular formula is C14H21NO6. The summed E-state index contributed by atoms with van der Waals surface area (Å²) in [5.74, 6) is -2.62. The first-order valence-electron chi connectivity index (χ1n) is 6.89. The second-order valence-electron chi connectivity index (χ2n) is 6.02. The van der Waals surface area contributed by atoms with Crippen molar-refractivity contribution in [3.8, 4) is 0 Å². The van der Waals surface area contributed by atoms with Crippen LogP contribution in [0.3, 0.4) is 0 Å². The van der Waals surface area contributed by atoms with E-state index in [0.717, 1.165) is 0 Å². The van der Waals surface area contributed by atoms with Gasteiger partial charge in [0.1, 0.15) is 5.60 Å². The number of ether oxygens (including phenoxy) is 1. The van der Waals surface area contributed by atoms with E-state index in [1.54, 1.807) is 27.7 Å². The highest BCUT2D eigenvalue weighted by Crippen LogP contribution is 2.16. The summed E-state index contributed by atoms with van der Waals surface area (Å²) in [6.07, 6.45) is 0.266. The third-order valence-corrected chi connectivity index (χ3v) is 2.79. The summed E-state index contributed by atoms with van der Waals surface area (Å²) in [7, 11) is 0. The van der Waals surface area contributed by atoms with E-state index in [1.165, 1.54) is 0 Å². The van der Waals surface area contributed by atoms with Crippen molar-refractivity contribution in [3.63, 3.8) is 0 Å². The van der Waals surface area contributed by atoms with Gasteiger partial charge < -0.3 is 9.57 Å². The standard InChI is InChI=1S/C14H21NO6/c1-9(13(19)20-14(2,3)4)5-8-12(18)21-15-10(16)6-7-11(15)17/h9H,5-8H2,1-4H3. The minimum atomic E-state index is -0.714. The molecule has 0 bridgehead atoms. The summed E-state index contributed by atoms with van der Waals surface area (Å²) < 4.78 is 5.19. The number of hydrogen-bond donors (Lipinski definition) is 0. The lowest BCUT2D eigenvalue weighted by Gasteiger charge is -2.22. The van der Waals surface area contributed by atoms with Gasteiger partial charge in [-0.05, 0) is 27.2 Å². The first kappa shape index (κ1) is 17.1. The first-order valence-corrected chi connectivity index (χ1v) is 6.89. The Morgan fingerprint density at radius 1 is 1.19 bits per heavy atom. The van der Waals surface area contributed by atoms with Crippen LogP contribution < -0.4 is 0 Å². The summed E-state index contributed by atoms with van der Waals surface area (Å²) in [5, 5.41) is 0.500. The van der Waals surface area contributed by atoms with Gasteiger partial charge in [0, 0.05) is 19.3 Å². The third kappa shape index (κ3) is 5.53. The molecule has 1 atom stereocenters. The van der Waals surface area contributed by atoms with Crippen LogP contribution in [0.1, 0.15) is 53.4 Å². The van der Waals surface area contributed by atoms with Gasteiger partial charge in [0.15, 0.2) is 0 Å². The highest BCUT2D eigenvalue weighted by Gasteiger charge is 2.33. The number of hydrogen-bond acceptors (Lipinski definition) is 6. The molecule has 0 aromatic carbocycles. The van der Waals surface area contributed by atoms with E-state index < -0.39 is 35.3 Å². The predicted molar refractivity (Wildman–Crippen MR) is 71.4 cm³/mol. The van der Waals surface area contributed by atoms with Crippen LogP contribution in [0.15, 0.2) is 0 Å². The molecule has 1 fully saturated rings. The quantitative estimate of drug-likeness (QED) is 0.562. The molecule has 0 spiro atoms. The van der Waals surface area contributed by atoms with Gasteiger partial charge >= 0.3 is 11.9 Å². The number of esters is 1. The molecule has 2 amide bonds. The molecule has 118 valence electrons. The van der Waals surface area contributed by atoms with Crippen molar-refractivity contribution in [1.29, 1.82) is 0 Å². The smallest absolute Gasteiger partial charge is 0.333 e. The molecule has 1 aliphatic rings. The van der Waals surface area contributed by atoms with Crippen LogP contribution in [0.4, 0.5) is 0 Å². The molecule has 1 rings (SSSR count). The summed E-state index contributed by atoms with van der Waals surface area (Å²) in [6, 6.07) is 0. The maximum Gasteiger partial charge on any atom is 0.333 e. The van der Waals surface area contributed by atoms with Gasteiger partial charge in [-0.1, -0.05) is 6.92 Å². The molecule has 0 aromatic rings. The van der Waals surface area contributed by atoms with Gasteiger partial charge in [-0.3, -0.25) is 14.4 Å². The molecule has 1 aliphatic heterocycles. The van der Waals surface area contributed by atoms with E-state index in [9.17, 15) is 19.2 Å². The van der Waals surface area contributed by atoms with Crippen LogP contribution in [0.2, 0.25) is 0 Å². The second-order valence-corrected chi connectivity index (χ2v) is 6.02. The van der Waals surface area contributed by atoms with Gasteiger partial charge in [-0.15, -0.1) is 5.06 Å². The number of amides is 2. The minimum absolute atomic E-state index is 0.0560. The van der Waals surface area contributed by atoms with Crippen molar-refractivity contribution in [2.45, 2.75) is 59.0 Å². The van der Waals surface area contributed by atoms with Gasteiger partial charge in [-0.25, -0.2) is 4.79 Å². The van der Waals surface area contributed by atoms with E-state index in [0.29, 0.717) is 5.06 Å². The first-order chi connectivity index (χ1) is 9.60. The SMILES string of the molecule is CC(CCC(=O)ON1C(=O)CCC1=O)C(=O)OC(C)(C)C. The number of carbonyl (C=O) groups is 4. The largest absolute Gasteiger partial charge is 0.460 e. The minimum Gasteiger partial charge on any atom is -0.460 e. The van der Waals surface area contributed by atoms with E-state index in [-0.39, 0.29) is 25.7 Å². The van der Waals surface area contributed by atoms with Crippen LogP contribution in [-0.2, 0) is 28.8 Å². The Morgan fingerprint density at radius 2 is 1.71 bits per heavy atom. The third-order valence-electron chi connectivity index (χ3n) is 2.79. The molecule has 1 heterocycles.